The van der Waals surface area contributed by atoms with Crippen molar-refractivity contribution >= 4 is 5.91 Å². The summed E-state index contributed by atoms with van der Waals surface area (Å²) in [5.41, 5.74) is 0.590. The maximum absolute atomic E-state index is 13.3. The van der Waals surface area contributed by atoms with Gasteiger partial charge >= 0.3 is 0 Å². The SMILES string of the molecule is COc1ccc(CN(C)C(=O)c2cc(F)cc(F)c2)c(OC)c1OC. The molecule has 0 unspecified atom stereocenters. The minimum Gasteiger partial charge on any atom is -0.493 e. The predicted molar refractivity (Wildman–Crippen MR) is 88.3 cm³/mol. The Morgan fingerprint density at radius 3 is 2.08 bits per heavy atom. The molecule has 0 atom stereocenters. The molecule has 0 aromatic heterocycles. The molecule has 0 spiro atoms. The van der Waals surface area contributed by atoms with E-state index in [1.54, 1.807) is 12.1 Å². The highest BCUT2D eigenvalue weighted by Gasteiger charge is 2.20. The molecule has 0 saturated heterocycles. The summed E-state index contributed by atoms with van der Waals surface area (Å²) in [5, 5.41) is 0. The van der Waals surface area contributed by atoms with Crippen LogP contribution in [0.1, 0.15) is 15.9 Å². The Morgan fingerprint density at radius 2 is 1.56 bits per heavy atom. The Hall–Kier alpha value is -2.83. The van der Waals surface area contributed by atoms with Crippen molar-refractivity contribution in [2.24, 2.45) is 0 Å². The first-order valence-corrected chi connectivity index (χ1v) is 7.40. The highest BCUT2D eigenvalue weighted by molar-refractivity contribution is 5.94. The van der Waals surface area contributed by atoms with E-state index < -0.39 is 17.5 Å². The molecule has 5 nitrogen and oxygen atoms in total. The number of hydrogen-bond acceptors (Lipinski definition) is 4. The molecule has 25 heavy (non-hydrogen) atoms. The van der Waals surface area contributed by atoms with E-state index in [0.717, 1.165) is 12.1 Å². The molecule has 0 aliphatic carbocycles. The van der Waals surface area contributed by atoms with Crippen LogP contribution in [0.25, 0.3) is 0 Å². The molecular formula is C18H19F2NO4. The van der Waals surface area contributed by atoms with Crippen LogP contribution < -0.4 is 14.2 Å². The van der Waals surface area contributed by atoms with Crippen LogP contribution in [0, 0.1) is 11.6 Å². The fraction of sp³-hybridized carbons (Fsp3) is 0.278. The van der Waals surface area contributed by atoms with Crippen LogP contribution in [0.3, 0.4) is 0 Å². The van der Waals surface area contributed by atoms with Crippen LogP contribution in [0.15, 0.2) is 30.3 Å². The highest BCUT2D eigenvalue weighted by atomic mass is 19.1. The summed E-state index contributed by atoms with van der Waals surface area (Å²) in [6.45, 7) is 0.153. The maximum atomic E-state index is 13.3. The smallest absolute Gasteiger partial charge is 0.254 e. The van der Waals surface area contributed by atoms with Crippen molar-refractivity contribution < 1.29 is 27.8 Å². The van der Waals surface area contributed by atoms with Crippen LogP contribution in [0.5, 0.6) is 17.2 Å². The molecule has 2 aromatic carbocycles. The third-order valence-corrected chi connectivity index (χ3v) is 3.65. The van der Waals surface area contributed by atoms with Gasteiger partial charge in [0.2, 0.25) is 5.75 Å². The fourth-order valence-electron chi connectivity index (χ4n) is 2.51. The molecule has 0 N–H and O–H groups in total. The Kier molecular flexibility index (Phi) is 5.80. The molecule has 0 fully saturated rings. The van der Waals surface area contributed by atoms with E-state index in [-0.39, 0.29) is 12.1 Å². The van der Waals surface area contributed by atoms with Gasteiger partial charge in [0.1, 0.15) is 11.6 Å². The summed E-state index contributed by atoms with van der Waals surface area (Å²) in [6, 6.07) is 6.13. The van der Waals surface area contributed by atoms with Gasteiger partial charge in [-0.2, -0.15) is 0 Å². The second-order valence-electron chi connectivity index (χ2n) is 5.31. The lowest BCUT2D eigenvalue weighted by atomic mass is 10.1. The molecule has 134 valence electrons. The predicted octanol–water partition coefficient (Wildman–Crippen LogP) is 3.26. The standard InChI is InChI=1S/C18H19F2NO4/c1-21(18(22)12-7-13(19)9-14(20)8-12)10-11-5-6-15(23-2)17(25-4)16(11)24-3/h5-9H,10H2,1-4H3. The van der Waals surface area contributed by atoms with E-state index in [4.69, 9.17) is 14.2 Å². The van der Waals surface area contributed by atoms with E-state index in [1.807, 2.05) is 0 Å². The summed E-state index contributed by atoms with van der Waals surface area (Å²) in [7, 11) is 5.99. The fourth-order valence-corrected chi connectivity index (χ4v) is 2.51. The van der Waals surface area contributed by atoms with Crippen molar-refractivity contribution in [1.29, 1.82) is 0 Å². The Morgan fingerprint density at radius 1 is 0.960 bits per heavy atom. The van der Waals surface area contributed by atoms with Crippen molar-refractivity contribution in [3.05, 3.63) is 53.1 Å². The van der Waals surface area contributed by atoms with Gasteiger partial charge < -0.3 is 19.1 Å². The Bertz CT molecular complexity index is 760. The zero-order valence-corrected chi connectivity index (χ0v) is 14.4. The molecule has 0 aliphatic rings. The van der Waals surface area contributed by atoms with E-state index in [1.165, 1.54) is 33.3 Å². The summed E-state index contributed by atoms with van der Waals surface area (Å²) >= 11 is 0. The van der Waals surface area contributed by atoms with E-state index in [9.17, 15) is 13.6 Å². The number of carbonyl (C=O) groups is 1. The number of methoxy groups -OCH3 is 3. The zero-order valence-electron chi connectivity index (χ0n) is 14.4. The minimum atomic E-state index is -0.805. The number of ether oxygens (including phenoxy) is 3. The van der Waals surface area contributed by atoms with Gasteiger partial charge in [0.05, 0.1) is 21.3 Å². The number of nitrogens with zero attached hydrogens (tertiary/aromatic N) is 1. The normalized spacial score (nSPS) is 10.3. The molecule has 7 heteroatoms. The molecule has 0 heterocycles. The van der Waals surface area contributed by atoms with Crippen LogP contribution in [0.2, 0.25) is 0 Å². The van der Waals surface area contributed by atoms with Gasteiger partial charge in [0.25, 0.3) is 5.91 Å². The molecular weight excluding hydrogens is 332 g/mol. The average Bonchev–Trinajstić information content (AvgIpc) is 2.59. The third kappa shape index (κ3) is 3.99. The van der Waals surface area contributed by atoms with Gasteiger partial charge in [0.15, 0.2) is 11.5 Å². The number of hydrogen-bond donors (Lipinski definition) is 0. The van der Waals surface area contributed by atoms with Gasteiger partial charge in [-0.3, -0.25) is 4.79 Å². The maximum Gasteiger partial charge on any atom is 0.254 e. The second-order valence-corrected chi connectivity index (χ2v) is 5.31. The van der Waals surface area contributed by atoms with Crippen LogP contribution in [0.4, 0.5) is 8.78 Å². The lowest BCUT2D eigenvalue weighted by molar-refractivity contribution is 0.0783. The summed E-state index contributed by atoms with van der Waals surface area (Å²) in [5.74, 6) is -0.813. The van der Waals surface area contributed by atoms with Crippen molar-refractivity contribution in [2.75, 3.05) is 28.4 Å². The highest BCUT2D eigenvalue weighted by Crippen LogP contribution is 2.40. The summed E-state index contributed by atoms with van der Waals surface area (Å²) in [6.07, 6.45) is 0. The van der Waals surface area contributed by atoms with Crippen molar-refractivity contribution in [3.8, 4) is 17.2 Å². The molecule has 0 radical (unpaired) electrons. The van der Waals surface area contributed by atoms with Gasteiger partial charge in [-0.25, -0.2) is 8.78 Å². The van der Waals surface area contributed by atoms with Gasteiger partial charge in [-0.05, 0) is 24.3 Å². The molecule has 0 saturated carbocycles. The lowest BCUT2D eigenvalue weighted by Gasteiger charge is -2.21. The first kappa shape index (κ1) is 18.5. The largest absolute Gasteiger partial charge is 0.493 e. The van der Waals surface area contributed by atoms with E-state index >= 15 is 0 Å². The van der Waals surface area contributed by atoms with Crippen molar-refractivity contribution in [3.63, 3.8) is 0 Å². The number of benzene rings is 2. The Labute approximate surface area is 144 Å². The van der Waals surface area contributed by atoms with E-state index in [0.29, 0.717) is 28.9 Å². The zero-order chi connectivity index (χ0) is 18.6. The number of carbonyl (C=O) groups excluding carboxylic acids is 1. The van der Waals surface area contributed by atoms with Crippen molar-refractivity contribution in [2.45, 2.75) is 6.54 Å². The minimum absolute atomic E-state index is 0.0700. The topological polar surface area (TPSA) is 48.0 Å². The quantitative estimate of drug-likeness (QED) is 0.802. The van der Waals surface area contributed by atoms with Gasteiger partial charge in [-0.1, -0.05) is 0 Å². The monoisotopic (exact) mass is 351 g/mol. The first-order chi connectivity index (χ1) is 11.9. The molecule has 0 aliphatic heterocycles. The second kappa shape index (κ2) is 7.83. The lowest BCUT2D eigenvalue weighted by Crippen LogP contribution is -2.26. The first-order valence-electron chi connectivity index (χ1n) is 7.40. The Balaban J connectivity index is 2.30. The summed E-state index contributed by atoms with van der Waals surface area (Å²) < 4.78 is 42.5. The van der Waals surface area contributed by atoms with Gasteiger partial charge in [0, 0.05) is 30.8 Å². The van der Waals surface area contributed by atoms with Crippen LogP contribution in [-0.2, 0) is 6.54 Å². The third-order valence-electron chi connectivity index (χ3n) is 3.65. The van der Waals surface area contributed by atoms with Crippen LogP contribution >= 0.6 is 0 Å². The number of amides is 1. The molecule has 0 bridgehead atoms. The van der Waals surface area contributed by atoms with Crippen molar-refractivity contribution in [1.82, 2.24) is 4.90 Å². The summed E-state index contributed by atoms with van der Waals surface area (Å²) in [4.78, 5) is 13.8. The number of rotatable bonds is 6. The molecule has 1 amide bonds. The van der Waals surface area contributed by atoms with Gasteiger partial charge in [-0.15, -0.1) is 0 Å². The van der Waals surface area contributed by atoms with Crippen LogP contribution in [-0.4, -0.2) is 39.2 Å². The molecule has 2 aromatic rings. The van der Waals surface area contributed by atoms with E-state index in [2.05, 4.69) is 0 Å². The number of halogens is 2. The molecule has 2 rings (SSSR count). The average molecular weight is 351 g/mol.